The number of nitrogen functional groups attached to an aromatic ring is 1. The van der Waals surface area contributed by atoms with Gasteiger partial charge in [0.1, 0.15) is 11.5 Å². The predicted molar refractivity (Wildman–Crippen MR) is 102 cm³/mol. The van der Waals surface area contributed by atoms with E-state index in [1.54, 1.807) is 6.07 Å². The minimum atomic E-state index is -0.544. The summed E-state index contributed by atoms with van der Waals surface area (Å²) in [5.41, 5.74) is 7.91. The van der Waals surface area contributed by atoms with Crippen LogP contribution in [0.4, 0.5) is 11.4 Å². The van der Waals surface area contributed by atoms with E-state index in [2.05, 4.69) is 5.32 Å². The highest BCUT2D eigenvalue weighted by Gasteiger charge is 2.18. The molecule has 0 bridgehead atoms. The van der Waals surface area contributed by atoms with E-state index in [-0.39, 0.29) is 23.3 Å². The van der Waals surface area contributed by atoms with Gasteiger partial charge in [0.05, 0.1) is 11.0 Å². The molecular weight excluding hydrogens is 328 g/mol. The number of nitro benzene ring substituents is 1. The van der Waals surface area contributed by atoms with Crippen LogP contribution in [-0.4, -0.2) is 10.8 Å². The number of anilines is 1. The van der Waals surface area contributed by atoms with Crippen molar-refractivity contribution in [1.82, 2.24) is 5.32 Å². The lowest BCUT2D eigenvalue weighted by atomic mass is 9.98. The summed E-state index contributed by atoms with van der Waals surface area (Å²) in [6.07, 6.45) is 0. The highest BCUT2D eigenvalue weighted by atomic mass is 16.6. The van der Waals surface area contributed by atoms with Crippen LogP contribution in [0.5, 0.6) is 0 Å². The number of rotatable bonds is 5. The first-order chi connectivity index (χ1) is 12.6. The SMILES string of the molecule is N=C(NC(c1ccccc1)c1ccccc1)c1ccc(N)c([N+](=O)[O-])c1. The van der Waals surface area contributed by atoms with Crippen molar-refractivity contribution < 1.29 is 4.92 Å². The Morgan fingerprint density at radius 2 is 1.50 bits per heavy atom. The maximum atomic E-state index is 11.1. The van der Waals surface area contributed by atoms with E-state index >= 15 is 0 Å². The normalized spacial score (nSPS) is 10.5. The molecule has 0 unspecified atom stereocenters. The number of benzene rings is 3. The van der Waals surface area contributed by atoms with Crippen molar-refractivity contribution in [3.05, 3.63) is 106 Å². The van der Waals surface area contributed by atoms with Crippen LogP contribution in [0, 0.1) is 15.5 Å². The fourth-order valence-electron chi connectivity index (χ4n) is 2.74. The fourth-order valence-corrected chi connectivity index (χ4v) is 2.74. The standard InChI is InChI=1S/C20H18N4O2/c21-17-12-11-16(13-18(17)24(25)26)20(22)23-19(14-7-3-1-4-8-14)15-9-5-2-6-10-15/h1-13,19H,21H2,(H2,22,23). The van der Waals surface area contributed by atoms with Crippen LogP contribution in [-0.2, 0) is 0 Å². The average molecular weight is 346 g/mol. The van der Waals surface area contributed by atoms with Gasteiger partial charge >= 0.3 is 0 Å². The first-order valence-corrected chi connectivity index (χ1v) is 8.05. The molecule has 3 rings (SSSR count). The zero-order valence-corrected chi connectivity index (χ0v) is 13.9. The summed E-state index contributed by atoms with van der Waals surface area (Å²) in [6, 6.07) is 23.6. The lowest BCUT2D eigenvalue weighted by molar-refractivity contribution is -0.383. The molecule has 0 saturated carbocycles. The number of nitrogens with two attached hydrogens (primary N) is 1. The van der Waals surface area contributed by atoms with E-state index in [9.17, 15) is 10.1 Å². The number of nitro groups is 1. The number of hydrogen-bond donors (Lipinski definition) is 3. The quantitative estimate of drug-likeness (QED) is 0.214. The van der Waals surface area contributed by atoms with Crippen molar-refractivity contribution in [3.63, 3.8) is 0 Å². The summed E-state index contributed by atoms with van der Waals surface area (Å²) in [5, 5.41) is 22.7. The van der Waals surface area contributed by atoms with E-state index in [0.29, 0.717) is 5.56 Å². The van der Waals surface area contributed by atoms with Crippen molar-refractivity contribution in [2.45, 2.75) is 6.04 Å². The van der Waals surface area contributed by atoms with Gasteiger partial charge in [-0.15, -0.1) is 0 Å². The van der Waals surface area contributed by atoms with Crippen LogP contribution >= 0.6 is 0 Å². The van der Waals surface area contributed by atoms with Gasteiger partial charge in [-0.1, -0.05) is 60.7 Å². The van der Waals surface area contributed by atoms with Crippen LogP contribution in [0.15, 0.2) is 78.9 Å². The minimum absolute atomic E-state index is 0.0780. The zero-order valence-electron chi connectivity index (χ0n) is 13.9. The predicted octanol–water partition coefficient (Wildman–Crippen LogP) is 3.88. The second-order valence-corrected chi connectivity index (χ2v) is 5.80. The van der Waals surface area contributed by atoms with Crippen molar-refractivity contribution in [3.8, 4) is 0 Å². The second-order valence-electron chi connectivity index (χ2n) is 5.80. The zero-order chi connectivity index (χ0) is 18.5. The number of hydrogen-bond acceptors (Lipinski definition) is 4. The molecule has 4 N–H and O–H groups in total. The van der Waals surface area contributed by atoms with Crippen molar-refractivity contribution in [1.29, 1.82) is 5.41 Å². The van der Waals surface area contributed by atoms with Crippen LogP contribution < -0.4 is 11.1 Å². The lowest BCUT2D eigenvalue weighted by Gasteiger charge is -2.21. The molecule has 6 heteroatoms. The smallest absolute Gasteiger partial charge is 0.292 e. The first-order valence-electron chi connectivity index (χ1n) is 8.05. The van der Waals surface area contributed by atoms with E-state index in [4.69, 9.17) is 11.1 Å². The second kappa shape index (κ2) is 7.48. The van der Waals surface area contributed by atoms with Gasteiger partial charge in [0, 0.05) is 11.6 Å². The van der Waals surface area contributed by atoms with E-state index in [1.807, 2.05) is 60.7 Å². The summed E-state index contributed by atoms with van der Waals surface area (Å²) >= 11 is 0. The third-order valence-corrected chi connectivity index (χ3v) is 4.07. The summed E-state index contributed by atoms with van der Waals surface area (Å²) < 4.78 is 0. The molecule has 0 amide bonds. The van der Waals surface area contributed by atoms with E-state index in [0.717, 1.165) is 11.1 Å². The van der Waals surface area contributed by atoms with E-state index in [1.165, 1.54) is 12.1 Å². The molecule has 0 radical (unpaired) electrons. The van der Waals surface area contributed by atoms with Crippen LogP contribution in [0.25, 0.3) is 0 Å². The Hall–Kier alpha value is -3.67. The molecule has 0 aromatic heterocycles. The summed E-state index contributed by atoms with van der Waals surface area (Å²) in [6.45, 7) is 0. The molecule has 0 aliphatic heterocycles. The fraction of sp³-hybridized carbons (Fsp3) is 0.0500. The highest BCUT2D eigenvalue weighted by Crippen LogP contribution is 2.25. The molecule has 3 aromatic carbocycles. The van der Waals surface area contributed by atoms with Gasteiger partial charge in [-0.05, 0) is 23.3 Å². The molecular formula is C20H18N4O2. The minimum Gasteiger partial charge on any atom is -0.393 e. The molecule has 0 saturated heterocycles. The Labute approximate surface area is 151 Å². The maximum Gasteiger partial charge on any atom is 0.292 e. The number of amidine groups is 1. The lowest BCUT2D eigenvalue weighted by Crippen LogP contribution is -2.29. The van der Waals surface area contributed by atoms with Gasteiger partial charge < -0.3 is 11.1 Å². The monoisotopic (exact) mass is 346 g/mol. The molecule has 130 valence electrons. The van der Waals surface area contributed by atoms with Gasteiger partial charge in [-0.25, -0.2) is 0 Å². The molecule has 26 heavy (non-hydrogen) atoms. The molecule has 0 spiro atoms. The summed E-state index contributed by atoms with van der Waals surface area (Å²) in [7, 11) is 0. The Balaban J connectivity index is 1.94. The van der Waals surface area contributed by atoms with Crippen molar-refractivity contribution >= 4 is 17.2 Å². The van der Waals surface area contributed by atoms with Gasteiger partial charge in [0.2, 0.25) is 0 Å². The Morgan fingerprint density at radius 1 is 0.962 bits per heavy atom. The molecule has 6 nitrogen and oxygen atoms in total. The molecule has 0 heterocycles. The topological polar surface area (TPSA) is 105 Å². The highest BCUT2D eigenvalue weighted by molar-refractivity contribution is 5.98. The Kier molecular flexibility index (Phi) is 4.94. The first kappa shape index (κ1) is 17.2. The molecule has 0 atom stereocenters. The van der Waals surface area contributed by atoms with E-state index < -0.39 is 4.92 Å². The average Bonchev–Trinajstić information content (AvgIpc) is 2.67. The Morgan fingerprint density at radius 3 is 2.00 bits per heavy atom. The van der Waals surface area contributed by atoms with Crippen LogP contribution in [0.1, 0.15) is 22.7 Å². The number of nitrogens with zero attached hydrogens (tertiary/aromatic N) is 1. The van der Waals surface area contributed by atoms with Gasteiger partial charge in [-0.3, -0.25) is 15.5 Å². The van der Waals surface area contributed by atoms with Gasteiger partial charge in [0.15, 0.2) is 0 Å². The molecule has 0 fully saturated rings. The van der Waals surface area contributed by atoms with Crippen LogP contribution in [0.2, 0.25) is 0 Å². The molecule has 3 aromatic rings. The maximum absolute atomic E-state index is 11.1. The number of nitrogens with one attached hydrogen (secondary N) is 2. The van der Waals surface area contributed by atoms with Gasteiger partial charge in [0.25, 0.3) is 5.69 Å². The molecule has 0 aliphatic rings. The third kappa shape index (κ3) is 3.70. The van der Waals surface area contributed by atoms with Gasteiger partial charge in [-0.2, -0.15) is 0 Å². The van der Waals surface area contributed by atoms with Crippen molar-refractivity contribution in [2.24, 2.45) is 0 Å². The van der Waals surface area contributed by atoms with Crippen molar-refractivity contribution in [2.75, 3.05) is 5.73 Å². The third-order valence-electron chi connectivity index (χ3n) is 4.07. The summed E-state index contributed by atoms with van der Waals surface area (Å²) in [4.78, 5) is 10.6. The largest absolute Gasteiger partial charge is 0.393 e. The van der Waals surface area contributed by atoms with Crippen LogP contribution in [0.3, 0.4) is 0 Å². The Bertz CT molecular complexity index is 888. The molecule has 0 aliphatic carbocycles. The summed E-state index contributed by atoms with van der Waals surface area (Å²) in [5.74, 6) is 0.0887.